The average molecular weight is 236 g/mol. The number of hydrogen-bond acceptors (Lipinski definition) is 7. The highest BCUT2D eigenvalue weighted by molar-refractivity contribution is 6.91. The monoisotopic (exact) mass is 236 g/mol. The molecule has 0 amide bonds. The number of ketones is 5. The summed E-state index contributed by atoms with van der Waals surface area (Å²) in [6.07, 6.45) is -0.123. The number of amidine groups is 1. The van der Waals surface area contributed by atoms with Crippen LogP contribution in [0.15, 0.2) is 4.99 Å². The van der Waals surface area contributed by atoms with Crippen LogP contribution < -0.4 is 5.32 Å². The molecule has 0 unspecified atom stereocenters. The first kappa shape index (κ1) is 11.3. The second-order valence-electron chi connectivity index (χ2n) is 3.73. The van der Waals surface area contributed by atoms with Crippen LogP contribution >= 0.6 is 0 Å². The largest absolute Gasteiger partial charge is 0.372 e. The first-order valence-electron chi connectivity index (χ1n) is 5.00. The molecule has 0 aromatic carbocycles. The summed E-state index contributed by atoms with van der Waals surface area (Å²) in [4.78, 5) is 60.1. The van der Waals surface area contributed by atoms with Gasteiger partial charge >= 0.3 is 0 Å². The van der Waals surface area contributed by atoms with E-state index < -0.39 is 34.8 Å². The summed E-state index contributed by atoms with van der Waals surface area (Å²) in [5.41, 5.74) is 0. The van der Waals surface area contributed by atoms with Gasteiger partial charge in [0, 0.05) is 13.0 Å². The molecule has 0 spiro atoms. The summed E-state index contributed by atoms with van der Waals surface area (Å²) < 4.78 is 0. The molecule has 17 heavy (non-hydrogen) atoms. The van der Waals surface area contributed by atoms with E-state index in [2.05, 4.69) is 10.3 Å². The molecular formula is C10H8N2O5. The first-order chi connectivity index (χ1) is 8.02. The van der Waals surface area contributed by atoms with Crippen LogP contribution in [0.1, 0.15) is 6.42 Å². The van der Waals surface area contributed by atoms with Crippen LogP contribution in [0, 0.1) is 5.92 Å². The van der Waals surface area contributed by atoms with Crippen molar-refractivity contribution in [1.82, 2.24) is 5.32 Å². The summed E-state index contributed by atoms with van der Waals surface area (Å²) in [6.45, 7) is 1.11. The summed E-state index contributed by atoms with van der Waals surface area (Å²) in [5.74, 6) is -7.55. The van der Waals surface area contributed by atoms with Gasteiger partial charge in [0.1, 0.15) is 0 Å². The maximum absolute atomic E-state index is 11.5. The van der Waals surface area contributed by atoms with Crippen molar-refractivity contribution in [1.29, 1.82) is 0 Å². The third kappa shape index (κ3) is 1.79. The van der Waals surface area contributed by atoms with Crippen molar-refractivity contribution in [3.8, 4) is 0 Å². The summed E-state index contributed by atoms with van der Waals surface area (Å²) >= 11 is 0. The zero-order valence-corrected chi connectivity index (χ0v) is 8.69. The van der Waals surface area contributed by atoms with Gasteiger partial charge in [-0.05, 0) is 0 Å². The van der Waals surface area contributed by atoms with Gasteiger partial charge in [0.25, 0.3) is 17.3 Å². The molecule has 1 fully saturated rings. The summed E-state index contributed by atoms with van der Waals surface area (Å²) in [6, 6.07) is 0. The number of aliphatic imine (C=N–C) groups is 1. The van der Waals surface area contributed by atoms with Crippen molar-refractivity contribution in [3.63, 3.8) is 0 Å². The van der Waals surface area contributed by atoms with Gasteiger partial charge in [0.2, 0.25) is 11.6 Å². The third-order valence-corrected chi connectivity index (χ3v) is 2.63. The Bertz CT molecular complexity index is 461. The smallest absolute Gasteiger partial charge is 0.280 e. The van der Waals surface area contributed by atoms with Crippen LogP contribution in [0.5, 0.6) is 0 Å². The lowest BCUT2D eigenvalue weighted by atomic mass is 9.82. The predicted octanol–water partition coefficient (Wildman–Crippen LogP) is -2.15. The van der Waals surface area contributed by atoms with E-state index >= 15 is 0 Å². The van der Waals surface area contributed by atoms with Gasteiger partial charge in [-0.2, -0.15) is 0 Å². The molecule has 1 aliphatic heterocycles. The van der Waals surface area contributed by atoms with E-state index in [0.717, 1.165) is 0 Å². The first-order valence-corrected chi connectivity index (χ1v) is 5.00. The van der Waals surface area contributed by atoms with Crippen molar-refractivity contribution in [2.45, 2.75) is 6.42 Å². The molecule has 7 nitrogen and oxygen atoms in total. The Morgan fingerprint density at radius 3 is 2.06 bits per heavy atom. The second kappa shape index (κ2) is 4.00. The molecule has 1 saturated carbocycles. The zero-order chi connectivity index (χ0) is 12.6. The van der Waals surface area contributed by atoms with Crippen molar-refractivity contribution in [3.05, 3.63) is 0 Å². The lowest BCUT2D eigenvalue weighted by Crippen LogP contribution is -2.50. The van der Waals surface area contributed by atoms with Gasteiger partial charge < -0.3 is 5.32 Å². The molecule has 2 rings (SSSR count). The average Bonchev–Trinajstić information content (AvgIpc) is 2.82. The van der Waals surface area contributed by atoms with E-state index in [4.69, 9.17) is 0 Å². The van der Waals surface area contributed by atoms with Crippen molar-refractivity contribution in [2.24, 2.45) is 10.9 Å². The van der Waals surface area contributed by atoms with Gasteiger partial charge in [-0.15, -0.1) is 0 Å². The van der Waals surface area contributed by atoms with Crippen molar-refractivity contribution in [2.75, 3.05) is 13.1 Å². The van der Waals surface area contributed by atoms with Gasteiger partial charge in [0.05, 0.1) is 18.3 Å². The van der Waals surface area contributed by atoms with E-state index in [9.17, 15) is 24.0 Å². The zero-order valence-electron chi connectivity index (χ0n) is 8.69. The Hall–Kier alpha value is -2.18. The molecular weight excluding hydrogens is 228 g/mol. The van der Waals surface area contributed by atoms with Crippen LogP contribution in [0.25, 0.3) is 0 Å². The molecule has 0 saturated heterocycles. The number of nitrogens with zero attached hydrogens (tertiary/aromatic N) is 1. The van der Waals surface area contributed by atoms with Crippen molar-refractivity contribution < 1.29 is 24.0 Å². The molecule has 2 aliphatic rings. The minimum absolute atomic E-state index is 0.123. The van der Waals surface area contributed by atoms with Crippen LogP contribution in [-0.4, -0.2) is 47.8 Å². The van der Waals surface area contributed by atoms with E-state index in [1.165, 1.54) is 0 Å². The molecule has 1 heterocycles. The number of carbonyl (C=O) groups excluding carboxylic acids is 5. The Balaban J connectivity index is 2.23. The normalized spacial score (nSPS) is 21.9. The third-order valence-electron chi connectivity index (χ3n) is 2.63. The maximum Gasteiger partial charge on any atom is 0.280 e. The maximum atomic E-state index is 11.5. The fraction of sp³-hybridized carbons (Fsp3) is 0.400. The van der Waals surface area contributed by atoms with Crippen LogP contribution in [0.2, 0.25) is 0 Å². The van der Waals surface area contributed by atoms with Gasteiger partial charge in [-0.3, -0.25) is 29.0 Å². The Labute approximate surface area is 95.3 Å². The molecule has 0 radical (unpaired) electrons. The number of rotatable bonds is 2. The van der Waals surface area contributed by atoms with Crippen molar-refractivity contribution >= 4 is 34.8 Å². The lowest BCUT2D eigenvalue weighted by Gasteiger charge is -2.16. The van der Waals surface area contributed by atoms with Gasteiger partial charge in [-0.25, -0.2) is 0 Å². The molecule has 0 aromatic heterocycles. The molecule has 0 atom stereocenters. The molecule has 1 N–H and O–H groups in total. The number of Topliss-reactive ketones (excluding diaryl/α,β-unsaturated/α-hetero) is 5. The molecule has 1 aliphatic carbocycles. The lowest BCUT2D eigenvalue weighted by molar-refractivity contribution is -0.157. The van der Waals surface area contributed by atoms with E-state index in [-0.39, 0.29) is 6.42 Å². The number of carbonyl (C=O) groups is 5. The summed E-state index contributed by atoms with van der Waals surface area (Å²) in [7, 11) is 0. The molecule has 88 valence electrons. The van der Waals surface area contributed by atoms with Crippen LogP contribution in [0.3, 0.4) is 0 Å². The van der Waals surface area contributed by atoms with E-state index in [0.29, 0.717) is 18.9 Å². The minimum Gasteiger partial charge on any atom is -0.372 e. The SMILES string of the molecule is O=C1C(=O)C(=O)C(CC2=NCCN2)C(=O)C1=O. The second-order valence-corrected chi connectivity index (χ2v) is 3.73. The predicted molar refractivity (Wildman–Crippen MR) is 53.4 cm³/mol. The van der Waals surface area contributed by atoms with Gasteiger partial charge in [0.15, 0.2) is 0 Å². The number of hydrogen-bond donors (Lipinski definition) is 1. The number of nitrogens with one attached hydrogen (secondary N) is 1. The fourth-order valence-corrected chi connectivity index (χ4v) is 1.72. The van der Waals surface area contributed by atoms with E-state index in [1.807, 2.05) is 0 Å². The summed E-state index contributed by atoms with van der Waals surface area (Å²) in [5, 5.41) is 2.82. The van der Waals surface area contributed by atoms with Crippen LogP contribution in [0.4, 0.5) is 0 Å². The molecule has 0 aromatic rings. The standard InChI is InChI=1S/C10H8N2O5/c13-6-4(3-5-11-1-2-12-5)7(14)9(16)10(17)8(6)15/h4H,1-3H2,(H,11,12). The van der Waals surface area contributed by atoms with Crippen LogP contribution in [-0.2, 0) is 24.0 Å². The highest BCUT2D eigenvalue weighted by Gasteiger charge is 2.48. The Kier molecular flexibility index (Phi) is 2.66. The van der Waals surface area contributed by atoms with E-state index in [1.54, 1.807) is 0 Å². The van der Waals surface area contributed by atoms with Gasteiger partial charge in [-0.1, -0.05) is 0 Å². The quantitative estimate of drug-likeness (QED) is 0.432. The molecule has 7 heteroatoms. The molecule has 0 bridgehead atoms. The minimum atomic E-state index is -1.53. The highest BCUT2D eigenvalue weighted by Crippen LogP contribution is 2.15. The highest BCUT2D eigenvalue weighted by atomic mass is 16.2. The topological polar surface area (TPSA) is 110 Å². The Morgan fingerprint density at radius 1 is 1.00 bits per heavy atom. The Morgan fingerprint density at radius 2 is 1.59 bits per heavy atom. The fourth-order valence-electron chi connectivity index (χ4n) is 1.72.